The minimum atomic E-state index is 0.274. The number of halogens is 1. The number of rotatable bonds is 3. The maximum atomic E-state index is 5.91. The van der Waals surface area contributed by atoms with Gasteiger partial charge in [0.1, 0.15) is 5.82 Å². The zero-order valence-corrected chi connectivity index (χ0v) is 9.60. The average molecular weight is 224 g/mol. The van der Waals surface area contributed by atoms with E-state index in [1.807, 2.05) is 25.2 Å². The fourth-order valence-corrected chi connectivity index (χ4v) is 1.87. The Bertz CT molecular complexity index is 460. The fraction of sp³-hybridized carbons (Fsp3) is 0.364. The molecule has 1 aromatic heterocycles. The van der Waals surface area contributed by atoms with Gasteiger partial charge in [-0.05, 0) is 31.7 Å². The quantitative estimate of drug-likeness (QED) is 0.840. The fourth-order valence-electron chi connectivity index (χ4n) is 1.70. The molecule has 0 saturated carbocycles. The van der Waals surface area contributed by atoms with Gasteiger partial charge >= 0.3 is 0 Å². The first kappa shape index (κ1) is 10.5. The molecule has 0 aliphatic rings. The number of aromatic amines is 1. The van der Waals surface area contributed by atoms with E-state index in [0.29, 0.717) is 0 Å². The minimum absolute atomic E-state index is 0.274. The number of imidazole rings is 1. The van der Waals surface area contributed by atoms with Crippen LogP contribution in [0.5, 0.6) is 0 Å². The highest BCUT2D eigenvalue weighted by molar-refractivity contribution is 6.31. The number of hydrogen-bond donors (Lipinski definition) is 2. The number of benzene rings is 1. The van der Waals surface area contributed by atoms with Crippen LogP contribution in [0.25, 0.3) is 11.0 Å². The molecule has 0 saturated heterocycles. The first-order valence-corrected chi connectivity index (χ1v) is 5.44. The first-order chi connectivity index (χ1) is 7.24. The second kappa shape index (κ2) is 4.21. The molecule has 1 aromatic carbocycles. The van der Waals surface area contributed by atoms with Crippen LogP contribution >= 0.6 is 11.6 Å². The Balaban J connectivity index is 2.46. The lowest BCUT2D eigenvalue weighted by Gasteiger charge is -2.09. The third-order valence-electron chi connectivity index (χ3n) is 2.55. The number of nitrogens with zero attached hydrogens (tertiary/aromatic N) is 1. The van der Waals surface area contributed by atoms with Gasteiger partial charge in [-0.1, -0.05) is 18.5 Å². The number of fused-ring (bicyclic) bond motifs is 1. The summed E-state index contributed by atoms with van der Waals surface area (Å²) < 4.78 is 0. The van der Waals surface area contributed by atoms with Crippen LogP contribution in [0.3, 0.4) is 0 Å². The van der Waals surface area contributed by atoms with Gasteiger partial charge in [-0.3, -0.25) is 0 Å². The first-order valence-electron chi connectivity index (χ1n) is 5.07. The molecule has 0 aliphatic carbocycles. The number of aromatic nitrogens is 2. The van der Waals surface area contributed by atoms with E-state index in [1.54, 1.807) is 0 Å². The highest BCUT2D eigenvalue weighted by Gasteiger charge is 2.11. The van der Waals surface area contributed by atoms with Gasteiger partial charge in [-0.25, -0.2) is 4.98 Å². The SMILES string of the molecule is CCC(NC)c1nc2ccc(Cl)cc2[nH]1. The largest absolute Gasteiger partial charge is 0.341 e. The second-order valence-electron chi connectivity index (χ2n) is 3.53. The minimum Gasteiger partial charge on any atom is -0.341 e. The van der Waals surface area contributed by atoms with E-state index >= 15 is 0 Å². The summed E-state index contributed by atoms with van der Waals surface area (Å²) in [5.74, 6) is 0.970. The summed E-state index contributed by atoms with van der Waals surface area (Å²) in [5, 5.41) is 3.95. The van der Waals surface area contributed by atoms with Crippen LogP contribution in [0.2, 0.25) is 5.02 Å². The van der Waals surface area contributed by atoms with E-state index in [4.69, 9.17) is 11.6 Å². The summed E-state index contributed by atoms with van der Waals surface area (Å²) in [6.45, 7) is 2.13. The van der Waals surface area contributed by atoms with Crippen LogP contribution in [-0.2, 0) is 0 Å². The number of nitrogens with one attached hydrogen (secondary N) is 2. The Morgan fingerprint density at radius 2 is 2.33 bits per heavy atom. The van der Waals surface area contributed by atoms with Crippen molar-refractivity contribution in [3.8, 4) is 0 Å². The van der Waals surface area contributed by atoms with Crippen molar-refractivity contribution in [3.63, 3.8) is 0 Å². The van der Waals surface area contributed by atoms with Crippen molar-refractivity contribution in [2.45, 2.75) is 19.4 Å². The molecule has 1 unspecified atom stereocenters. The molecule has 0 fully saturated rings. The van der Waals surface area contributed by atoms with Crippen molar-refractivity contribution in [2.75, 3.05) is 7.05 Å². The Hall–Kier alpha value is -1.06. The monoisotopic (exact) mass is 223 g/mol. The summed E-state index contributed by atoms with van der Waals surface area (Å²) in [7, 11) is 1.94. The molecule has 4 heteroatoms. The third-order valence-corrected chi connectivity index (χ3v) is 2.78. The number of H-pyrrole nitrogens is 1. The van der Waals surface area contributed by atoms with Crippen LogP contribution in [0.1, 0.15) is 25.2 Å². The van der Waals surface area contributed by atoms with Gasteiger partial charge in [-0.2, -0.15) is 0 Å². The van der Waals surface area contributed by atoms with Gasteiger partial charge in [0.15, 0.2) is 0 Å². The average Bonchev–Trinajstić information content (AvgIpc) is 2.62. The molecule has 80 valence electrons. The molecule has 0 spiro atoms. The molecular weight excluding hydrogens is 210 g/mol. The molecule has 0 radical (unpaired) electrons. The van der Waals surface area contributed by atoms with Crippen LogP contribution in [0.15, 0.2) is 18.2 Å². The molecule has 0 aliphatic heterocycles. The smallest absolute Gasteiger partial charge is 0.124 e. The van der Waals surface area contributed by atoms with Gasteiger partial charge in [0.2, 0.25) is 0 Å². The molecule has 3 nitrogen and oxygen atoms in total. The molecule has 0 bridgehead atoms. The molecule has 15 heavy (non-hydrogen) atoms. The van der Waals surface area contributed by atoms with Crippen molar-refractivity contribution in [1.82, 2.24) is 15.3 Å². The second-order valence-corrected chi connectivity index (χ2v) is 3.97. The number of hydrogen-bond acceptors (Lipinski definition) is 2. The molecule has 2 N–H and O–H groups in total. The van der Waals surface area contributed by atoms with Crippen molar-refractivity contribution in [2.24, 2.45) is 0 Å². The molecule has 1 atom stereocenters. The molecule has 2 rings (SSSR count). The van der Waals surface area contributed by atoms with E-state index < -0.39 is 0 Å². The van der Waals surface area contributed by atoms with Crippen LogP contribution in [0.4, 0.5) is 0 Å². The predicted molar refractivity (Wildman–Crippen MR) is 63.2 cm³/mol. The maximum absolute atomic E-state index is 5.91. The summed E-state index contributed by atoms with van der Waals surface area (Å²) in [5.41, 5.74) is 1.95. The van der Waals surface area contributed by atoms with E-state index in [-0.39, 0.29) is 6.04 Å². The van der Waals surface area contributed by atoms with E-state index in [0.717, 1.165) is 28.3 Å². The van der Waals surface area contributed by atoms with Gasteiger partial charge in [0.05, 0.1) is 17.1 Å². The van der Waals surface area contributed by atoms with Gasteiger partial charge < -0.3 is 10.3 Å². The van der Waals surface area contributed by atoms with Crippen molar-refractivity contribution < 1.29 is 0 Å². The highest BCUT2D eigenvalue weighted by atomic mass is 35.5. The standard InChI is InChI=1S/C11H14ClN3/c1-3-8(13-2)11-14-9-5-4-7(12)6-10(9)15-11/h4-6,8,13H,3H2,1-2H3,(H,14,15). The lowest BCUT2D eigenvalue weighted by molar-refractivity contribution is 0.551. The predicted octanol–water partition coefficient (Wildman–Crippen LogP) is 2.89. The zero-order chi connectivity index (χ0) is 10.8. The van der Waals surface area contributed by atoms with Gasteiger partial charge in [-0.15, -0.1) is 0 Å². The third kappa shape index (κ3) is 1.98. The van der Waals surface area contributed by atoms with Crippen molar-refractivity contribution >= 4 is 22.6 Å². The Kier molecular flexibility index (Phi) is 2.93. The molecule has 0 amide bonds. The maximum Gasteiger partial charge on any atom is 0.124 e. The summed E-state index contributed by atoms with van der Waals surface area (Å²) in [6.07, 6.45) is 1.00. The normalized spacial score (nSPS) is 13.3. The van der Waals surface area contributed by atoms with Crippen LogP contribution in [-0.4, -0.2) is 17.0 Å². The van der Waals surface area contributed by atoms with Crippen LogP contribution in [0, 0.1) is 0 Å². The van der Waals surface area contributed by atoms with Crippen LogP contribution < -0.4 is 5.32 Å². The van der Waals surface area contributed by atoms with Gasteiger partial charge in [0, 0.05) is 5.02 Å². The molecule has 2 aromatic rings. The zero-order valence-electron chi connectivity index (χ0n) is 8.84. The Morgan fingerprint density at radius 3 is 3.00 bits per heavy atom. The van der Waals surface area contributed by atoms with Crippen molar-refractivity contribution in [3.05, 3.63) is 29.0 Å². The Labute approximate surface area is 93.9 Å². The summed E-state index contributed by atoms with van der Waals surface area (Å²) >= 11 is 5.91. The molecular formula is C11H14ClN3. The van der Waals surface area contributed by atoms with Gasteiger partial charge in [0.25, 0.3) is 0 Å². The topological polar surface area (TPSA) is 40.7 Å². The summed E-state index contributed by atoms with van der Waals surface area (Å²) in [6, 6.07) is 5.96. The van der Waals surface area contributed by atoms with E-state index in [9.17, 15) is 0 Å². The molecule has 1 heterocycles. The lowest BCUT2D eigenvalue weighted by atomic mass is 10.2. The van der Waals surface area contributed by atoms with E-state index in [2.05, 4.69) is 22.2 Å². The summed E-state index contributed by atoms with van der Waals surface area (Å²) in [4.78, 5) is 7.80. The Morgan fingerprint density at radius 1 is 1.53 bits per heavy atom. The van der Waals surface area contributed by atoms with Crippen molar-refractivity contribution in [1.29, 1.82) is 0 Å². The lowest BCUT2D eigenvalue weighted by Crippen LogP contribution is -2.16. The van der Waals surface area contributed by atoms with E-state index in [1.165, 1.54) is 0 Å². The highest BCUT2D eigenvalue weighted by Crippen LogP contribution is 2.20.